The largest absolute Gasteiger partial charge is 0.469 e. The maximum atomic E-state index is 11.8. The fourth-order valence-electron chi connectivity index (χ4n) is 1.74. The highest BCUT2D eigenvalue weighted by Gasteiger charge is 2.04. The molecule has 0 fully saturated rings. The van der Waals surface area contributed by atoms with Gasteiger partial charge < -0.3 is 15.2 Å². The maximum Gasteiger partial charge on any atom is 0.305 e. The molecule has 0 aliphatic heterocycles. The monoisotopic (exact) mass is 279 g/mol. The number of nitrogens with one attached hydrogen (secondary N) is 1. The van der Waals surface area contributed by atoms with Gasteiger partial charge in [0.05, 0.1) is 13.7 Å². The predicted molar refractivity (Wildman–Crippen MR) is 75.2 cm³/mol. The number of aliphatic hydroxyl groups excluding tert-OH is 1. The molecule has 1 rings (SSSR count). The Hall–Kier alpha value is -1.88. The molecule has 1 aromatic rings. The highest BCUT2D eigenvalue weighted by molar-refractivity contribution is 5.94. The van der Waals surface area contributed by atoms with Crippen LogP contribution in [0.15, 0.2) is 24.3 Å². The lowest BCUT2D eigenvalue weighted by Gasteiger charge is -2.05. The van der Waals surface area contributed by atoms with Crippen LogP contribution in [-0.4, -0.2) is 30.6 Å². The van der Waals surface area contributed by atoms with Crippen LogP contribution < -0.4 is 5.32 Å². The second-order valence-corrected chi connectivity index (χ2v) is 4.50. The number of amides is 1. The van der Waals surface area contributed by atoms with Crippen LogP contribution in [0.1, 0.15) is 41.6 Å². The summed E-state index contributed by atoms with van der Waals surface area (Å²) in [5.41, 5.74) is 1.36. The van der Waals surface area contributed by atoms with Gasteiger partial charge in [0, 0.05) is 18.5 Å². The molecular formula is C15H21NO4. The lowest BCUT2D eigenvalue weighted by molar-refractivity contribution is -0.140. The van der Waals surface area contributed by atoms with Gasteiger partial charge >= 0.3 is 5.97 Å². The fourth-order valence-corrected chi connectivity index (χ4v) is 1.74. The number of esters is 1. The zero-order valence-corrected chi connectivity index (χ0v) is 11.7. The summed E-state index contributed by atoms with van der Waals surface area (Å²) in [6, 6.07) is 6.84. The van der Waals surface area contributed by atoms with Crippen LogP contribution in [0.4, 0.5) is 0 Å². The van der Waals surface area contributed by atoms with Crippen molar-refractivity contribution in [2.45, 2.75) is 32.3 Å². The molecule has 5 heteroatoms. The van der Waals surface area contributed by atoms with Crippen molar-refractivity contribution in [2.24, 2.45) is 0 Å². The Labute approximate surface area is 118 Å². The van der Waals surface area contributed by atoms with Crippen LogP contribution in [0.5, 0.6) is 0 Å². The first-order chi connectivity index (χ1) is 9.67. The standard InChI is InChI=1S/C15H21NO4/c1-20-14(18)5-3-2-4-10-16-15(19)13-8-6-12(11-17)7-9-13/h6-9,17H,2-5,10-11H2,1H3,(H,16,19). The summed E-state index contributed by atoms with van der Waals surface area (Å²) in [4.78, 5) is 22.7. The van der Waals surface area contributed by atoms with E-state index in [1.54, 1.807) is 24.3 Å². The van der Waals surface area contributed by atoms with Crippen LogP contribution in [-0.2, 0) is 16.1 Å². The number of benzene rings is 1. The lowest BCUT2D eigenvalue weighted by atomic mass is 10.1. The van der Waals surface area contributed by atoms with E-state index in [1.165, 1.54) is 7.11 Å². The van der Waals surface area contributed by atoms with Gasteiger partial charge in [-0.05, 0) is 30.5 Å². The molecule has 0 saturated carbocycles. The molecule has 0 saturated heterocycles. The van der Waals surface area contributed by atoms with Crippen molar-refractivity contribution >= 4 is 11.9 Å². The zero-order chi connectivity index (χ0) is 14.8. The Kier molecular flexibility index (Phi) is 7.35. The third-order valence-corrected chi connectivity index (χ3v) is 2.97. The van der Waals surface area contributed by atoms with Crippen molar-refractivity contribution in [3.63, 3.8) is 0 Å². The molecule has 20 heavy (non-hydrogen) atoms. The van der Waals surface area contributed by atoms with Gasteiger partial charge in [-0.25, -0.2) is 0 Å². The van der Waals surface area contributed by atoms with Crippen LogP contribution in [0.2, 0.25) is 0 Å². The minimum Gasteiger partial charge on any atom is -0.469 e. The van der Waals surface area contributed by atoms with Gasteiger partial charge in [-0.15, -0.1) is 0 Å². The van der Waals surface area contributed by atoms with E-state index in [-0.39, 0.29) is 18.5 Å². The number of carbonyl (C=O) groups is 2. The first-order valence-corrected chi connectivity index (χ1v) is 6.72. The van der Waals surface area contributed by atoms with E-state index in [9.17, 15) is 9.59 Å². The van der Waals surface area contributed by atoms with Gasteiger partial charge in [0.25, 0.3) is 5.91 Å². The molecule has 0 atom stereocenters. The van der Waals surface area contributed by atoms with Crippen molar-refractivity contribution in [2.75, 3.05) is 13.7 Å². The van der Waals surface area contributed by atoms with E-state index in [1.807, 2.05) is 0 Å². The third kappa shape index (κ3) is 5.84. The fraction of sp³-hybridized carbons (Fsp3) is 0.467. The molecule has 1 aromatic carbocycles. The molecule has 0 aromatic heterocycles. The molecule has 0 heterocycles. The molecule has 0 unspecified atom stereocenters. The molecular weight excluding hydrogens is 258 g/mol. The van der Waals surface area contributed by atoms with E-state index in [0.29, 0.717) is 18.5 Å². The molecule has 110 valence electrons. The third-order valence-electron chi connectivity index (χ3n) is 2.97. The second kappa shape index (κ2) is 9.09. The van der Waals surface area contributed by atoms with Crippen molar-refractivity contribution in [3.05, 3.63) is 35.4 Å². The molecule has 0 aliphatic carbocycles. The van der Waals surface area contributed by atoms with Gasteiger partial charge in [0.1, 0.15) is 0 Å². The minimum atomic E-state index is -0.196. The highest BCUT2D eigenvalue weighted by Crippen LogP contribution is 2.05. The first-order valence-electron chi connectivity index (χ1n) is 6.72. The van der Waals surface area contributed by atoms with Crippen LogP contribution in [0.25, 0.3) is 0 Å². The number of carbonyl (C=O) groups excluding carboxylic acids is 2. The number of hydrogen-bond acceptors (Lipinski definition) is 4. The Bertz CT molecular complexity index is 428. The van der Waals surface area contributed by atoms with E-state index >= 15 is 0 Å². The molecule has 5 nitrogen and oxygen atoms in total. The molecule has 0 aliphatic rings. The summed E-state index contributed by atoms with van der Waals surface area (Å²) in [5.74, 6) is -0.319. The van der Waals surface area contributed by atoms with E-state index in [2.05, 4.69) is 10.1 Å². The smallest absolute Gasteiger partial charge is 0.305 e. The summed E-state index contributed by atoms with van der Waals surface area (Å²) >= 11 is 0. The van der Waals surface area contributed by atoms with Crippen molar-refractivity contribution < 1.29 is 19.4 Å². The number of hydrogen-bond donors (Lipinski definition) is 2. The molecule has 2 N–H and O–H groups in total. The average Bonchev–Trinajstić information content (AvgIpc) is 2.50. The van der Waals surface area contributed by atoms with Crippen molar-refractivity contribution in [3.8, 4) is 0 Å². The number of rotatable bonds is 8. The Balaban J connectivity index is 2.18. The number of ether oxygens (including phenoxy) is 1. The lowest BCUT2D eigenvalue weighted by Crippen LogP contribution is -2.24. The van der Waals surface area contributed by atoms with Gasteiger partial charge in [0.15, 0.2) is 0 Å². The normalized spacial score (nSPS) is 10.1. The van der Waals surface area contributed by atoms with Crippen molar-refractivity contribution in [1.82, 2.24) is 5.32 Å². The first kappa shape index (κ1) is 16.2. The average molecular weight is 279 g/mol. The summed E-state index contributed by atoms with van der Waals surface area (Å²) in [6.07, 6.45) is 2.90. The van der Waals surface area contributed by atoms with Crippen LogP contribution in [0, 0.1) is 0 Å². The highest BCUT2D eigenvalue weighted by atomic mass is 16.5. The summed E-state index contributed by atoms with van der Waals surface area (Å²) in [5, 5.41) is 11.7. The van der Waals surface area contributed by atoms with Gasteiger partial charge in [0.2, 0.25) is 0 Å². The van der Waals surface area contributed by atoms with Gasteiger partial charge in [-0.1, -0.05) is 18.6 Å². The Morgan fingerprint density at radius 2 is 1.85 bits per heavy atom. The minimum absolute atomic E-state index is 0.0257. The SMILES string of the molecule is COC(=O)CCCCCNC(=O)c1ccc(CO)cc1. The van der Waals surface area contributed by atoms with E-state index in [4.69, 9.17) is 5.11 Å². The maximum absolute atomic E-state index is 11.8. The van der Waals surface area contributed by atoms with Crippen LogP contribution >= 0.6 is 0 Å². The molecule has 1 amide bonds. The second-order valence-electron chi connectivity index (χ2n) is 4.50. The number of unbranched alkanes of at least 4 members (excludes halogenated alkanes) is 2. The summed E-state index contributed by atoms with van der Waals surface area (Å²) in [7, 11) is 1.38. The molecule has 0 spiro atoms. The van der Waals surface area contributed by atoms with Crippen molar-refractivity contribution in [1.29, 1.82) is 0 Å². The summed E-state index contributed by atoms with van der Waals surface area (Å²) < 4.78 is 4.55. The number of methoxy groups -OCH3 is 1. The molecule has 0 bridgehead atoms. The quantitative estimate of drug-likeness (QED) is 0.560. The topological polar surface area (TPSA) is 75.6 Å². The van der Waals surface area contributed by atoms with E-state index in [0.717, 1.165) is 24.8 Å². The van der Waals surface area contributed by atoms with E-state index < -0.39 is 0 Å². The van der Waals surface area contributed by atoms with Gasteiger partial charge in [-0.3, -0.25) is 9.59 Å². The number of aliphatic hydroxyl groups is 1. The summed E-state index contributed by atoms with van der Waals surface area (Å²) in [6.45, 7) is 0.559. The molecule has 0 radical (unpaired) electrons. The van der Waals surface area contributed by atoms with Gasteiger partial charge in [-0.2, -0.15) is 0 Å². The Morgan fingerprint density at radius 1 is 1.15 bits per heavy atom. The zero-order valence-electron chi connectivity index (χ0n) is 11.7. The van der Waals surface area contributed by atoms with Crippen LogP contribution in [0.3, 0.4) is 0 Å². The Morgan fingerprint density at radius 3 is 2.45 bits per heavy atom. The predicted octanol–water partition coefficient (Wildman–Crippen LogP) is 1.64.